The lowest BCUT2D eigenvalue weighted by molar-refractivity contribution is 1.33. The van der Waals surface area contributed by atoms with E-state index in [0.29, 0.717) is 0 Å². The van der Waals surface area contributed by atoms with Crippen molar-refractivity contribution >= 4 is 39.6 Å². The van der Waals surface area contributed by atoms with E-state index >= 15 is 0 Å². The van der Waals surface area contributed by atoms with Crippen molar-refractivity contribution in [3.05, 3.63) is 24.0 Å². The minimum Gasteiger partial charge on any atom is -0.345 e. The Morgan fingerprint density at radius 3 is 3.08 bits per heavy atom. The molecule has 0 amide bonds. The van der Waals surface area contributed by atoms with Crippen LogP contribution in [-0.2, 0) is 5.33 Å². The fourth-order valence-corrected chi connectivity index (χ4v) is 1.83. The summed E-state index contributed by atoms with van der Waals surface area (Å²) in [4.78, 5) is 8.12. The summed E-state index contributed by atoms with van der Waals surface area (Å²) in [7, 11) is 0. The summed E-state index contributed by atoms with van der Waals surface area (Å²) >= 11 is 7.73. The van der Waals surface area contributed by atoms with Gasteiger partial charge < -0.3 is 4.98 Å². The topological polar surface area (TPSA) is 28.7 Å². The zero-order valence-electron chi connectivity index (χ0n) is 6.21. The molecule has 1 aromatic heterocycles. The highest BCUT2D eigenvalue weighted by atomic mass is 79.9. The van der Waals surface area contributed by atoms with Crippen LogP contribution in [0.5, 0.6) is 0 Å². The number of H-pyrrole nitrogens is 1. The number of halogens is 1. The second-order valence-electron chi connectivity index (χ2n) is 2.55. The first-order valence-electron chi connectivity index (χ1n) is 3.52. The van der Waals surface area contributed by atoms with Crippen LogP contribution in [0.1, 0.15) is 5.56 Å². The molecule has 0 spiro atoms. The molecule has 0 aliphatic rings. The number of thiol groups is 1. The zero-order valence-corrected chi connectivity index (χ0v) is 8.69. The first-order valence-corrected chi connectivity index (χ1v) is 5.09. The maximum absolute atomic E-state index is 4.34. The minimum absolute atomic E-state index is 0.843. The second kappa shape index (κ2) is 3.11. The number of fused-ring (bicyclic) bond motifs is 1. The van der Waals surface area contributed by atoms with Crippen LogP contribution in [0.25, 0.3) is 11.0 Å². The number of hydrogen-bond donors (Lipinski definition) is 2. The molecule has 0 fully saturated rings. The van der Waals surface area contributed by atoms with Crippen LogP contribution in [-0.4, -0.2) is 9.97 Å². The molecule has 4 heteroatoms. The molecule has 1 N–H and O–H groups in total. The third kappa shape index (κ3) is 1.25. The van der Waals surface area contributed by atoms with Gasteiger partial charge >= 0.3 is 0 Å². The highest BCUT2D eigenvalue weighted by Crippen LogP contribution is 2.21. The third-order valence-electron chi connectivity index (χ3n) is 1.72. The van der Waals surface area contributed by atoms with E-state index in [1.165, 1.54) is 5.56 Å². The summed E-state index contributed by atoms with van der Waals surface area (Å²) in [6.45, 7) is 0. The maximum Gasteiger partial charge on any atom is 0.102 e. The largest absolute Gasteiger partial charge is 0.345 e. The van der Waals surface area contributed by atoms with E-state index in [-0.39, 0.29) is 0 Å². The first-order chi connectivity index (χ1) is 5.81. The lowest BCUT2D eigenvalue weighted by atomic mass is 10.2. The predicted molar refractivity (Wildman–Crippen MR) is 56.0 cm³/mol. The van der Waals surface area contributed by atoms with Crippen molar-refractivity contribution in [1.29, 1.82) is 0 Å². The SMILES string of the molecule is Sc1cc(CBr)cc2[nH]cnc12. The number of hydrogen-bond acceptors (Lipinski definition) is 2. The van der Waals surface area contributed by atoms with Gasteiger partial charge in [-0.05, 0) is 17.7 Å². The van der Waals surface area contributed by atoms with E-state index in [0.717, 1.165) is 21.3 Å². The van der Waals surface area contributed by atoms with E-state index in [4.69, 9.17) is 0 Å². The van der Waals surface area contributed by atoms with Crippen molar-refractivity contribution in [3.63, 3.8) is 0 Å². The van der Waals surface area contributed by atoms with E-state index in [1.54, 1.807) is 6.33 Å². The van der Waals surface area contributed by atoms with E-state index < -0.39 is 0 Å². The number of benzene rings is 1. The Labute approximate surface area is 83.9 Å². The van der Waals surface area contributed by atoms with Gasteiger partial charge in [-0.25, -0.2) is 4.98 Å². The molecular weight excluding hydrogens is 236 g/mol. The molecule has 0 saturated heterocycles. The summed E-state index contributed by atoms with van der Waals surface area (Å²) in [6.07, 6.45) is 1.68. The van der Waals surface area contributed by atoms with E-state index in [1.807, 2.05) is 6.07 Å². The summed E-state index contributed by atoms with van der Waals surface area (Å²) in [6, 6.07) is 4.08. The van der Waals surface area contributed by atoms with Gasteiger partial charge in [-0.3, -0.25) is 0 Å². The van der Waals surface area contributed by atoms with Gasteiger partial charge in [-0.1, -0.05) is 15.9 Å². The molecule has 1 aromatic carbocycles. The Morgan fingerprint density at radius 1 is 1.50 bits per heavy atom. The Balaban J connectivity index is 2.75. The summed E-state index contributed by atoms with van der Waals surface area (Å²) in [5, 5.41) is 0.843. The summed E-state index contributed by atoms with van der Waals surface area (Å²) in [5.74, 6) is 0. The number of rotatable bonds is 1. The standard InChI is InChI=1S/C8H7BrN2S/c9-3-5-1-6-8(7(12)2-5)11-4-10-6/h1-2,4,12H,3H2,(H,10,11). The molecule has 0 radical (unpaired) electrons. The van der Waals surface area contributed by atoms with Crippen LogP contribution >= 0.6 is 28.6 Å². The van der Waals surface area contributed by atoms with Gasteiger partial charge in [0.2, 0.25) is 0 Å². The fourth-order valence-electron chi connectivity index (χ4n) is 1.17. The molecule has 2 rings (SSSR count). The fraction of sp³-hybridized carbons (Fsp3) is 0.125. The predicted octanol–water partition coefficient (Wildman–Crippen LogP) is 2.75. The number of aromatic nitrogens is 2. The molecule has 0 unspecified atom stereocenters. The van der Waals surface area contributed by atoms with E-state index in [2.05, 4.69) is 44.6 Å². The Hall–Kier alpha value is -0.480. The summed E-state index contributed by atoms with van der Waals surface area (Å²) < 4.78 is 0. The second-order valence-corrected chi connectivity index (χ2v) is 3.59. The van der Waals surface area contributed by atoms with Crippen molar-refractivity contribution in [2.75, 3.05) is 0 Å². The Kier molecular flexibility index (Phi) is 2.11. The molecule has 12 heavy (non-hydrogen) atoms. The lowest BCUT2D eigenvalue weighted by Gasteiger charge is -1.97. The Bertz CT molecular complexity index is 410. The van der Waals surface area contributed by atoms with Crippen LogP contribution < -0.4 is 0 Å². The zero-order chi connectivity index (χ0) is 8.55. The minimum atomic E-state index is 0.843. The average molecular weight is 243 g/mol. The molecule has 0 aliphatic heterocycles. The van der Waals surface area contributed by atoms with Crippen LogP contribution in [0.2, 0.25) is 0 Å². The monoisotopic (exact) mass is 242 g/mol. The van der Waals surface area contributed by atoms with Crippen molar-refractivity contribution in [3.8, 4) is 0 Å². The molecular formula is C8H7BrN2S. The van der Waals surface area contributed by atoms with Gasteiger partial charge in [0.1, 0.15) is 5.52 Å². The molecule has 62 valence electrons. The average Bonchev–Trinajstić information content (AvgIpc) is 2.52. The number of imidazole rings is 1. The van der Waals surface area contributed by atoms with Gasteiger partial charge in [-0.15, -0.1) is 12.6 Å². The Morgan fingerprint density at radius 2 is 2.33 bits per heavy atom. The van der Waals surface area contributed by atoms with Crippen molar-refractivity contribution in [2.45, 2.75) is 10.2 Å². The summed E-state index contributed by atoms with van der Waals surface area (Å²) in [5.41, 5.74) is 3.18. The number of aromatic amines is 1. The number of alkyl halides is 1. The van der Waals surface area contributed by atoms with Crippen LogP contribution in [0.4, 0.5) is 0 Å². The number of nitrogens with zero attached hydrogens (tertiary/aromatic N) is 1. The van der Waals surface area contributed by atoms with Crippen LogP contribution in [0.15, 0.2) is 23.4 Å². The van der Waals surface area contributed by atoms with Crippen LogP contribution in [0, 0.1) is 0 Å². The normalized spacial score (nSPS) is 10.8. The van der Waals surface area contributed by atoms with Gasteiger partial charge in [0.15, 0.2) is 0 Å². The van der Waals surface area contributed by atoms with Gasteiger partial charge in [0.05, 0.1) is 11.8 Å². The van der Waals surface area contributed by atoms with Crippen LogP contribution in [0.3, 0.4) is 0 Å². The van der Waals surface area contributed by atoms with Crippen molar-refractivity contribution in [1.82, 2.24) is 9.97 Å². The molecule has 1 heterocycles. The third-order valence-corrected chi connectivity index (χ3v) is 2.71. The van der Waals surface area contributed by atoms with Gasteiger partial charge in [0.25, 0.3) is 0 Å². The highest BCUT2D eigenvalue weighted by Gasteiger charge is 2.01. The molecule has 0 atom stereocenters. The molecule has 0 aliphatic carbocycles. The van der Waals surface area contributed by atoms with Gasteiger partial charge in [-0.2, -0.15) is 0 Å². The smallest absolute Gasteiger partial charge is 0.102 e. The van der Waals surface area contributed by atoms with Crippen molar-refractivity contribution < 1.29 is 0 Å². The molecule has 2 nitrogen and oxygen atoms in total. The first kappa shape index (κ1) is 8.13. The van der Waals surface area contributed by atoms with E-state index in [9.17, 15) is 0 Å². The number of nitrogens with one attached hydrogen (secondary N) is 1. The van der Waals surface area contributed by atoms with Crippen molar-refractivity contribution in [2.24, 2.45) is 0 Å². The maximum atomic E-state index is 4.34. The highest BCUT2D eigenvalue weighted by molar-refractivity contribution is 9.08. The quantitative estimate of drug-likeness (QED) is 0.585. The lowest BCUT2D eigenvalue weighted by Crippen LogP contribution is -1.79. The molecule has 0 bridgehead atoms. The van der Waals surface area contributed by atoms with Gasteiger partial charge in [0, 0.05) is 10.2 Å². The molecule has 2 aromatic rings. The molecule has 0 saturated carbocycles.